The summed E-state index contributed by atoms with van der Waals surface area (Å²) in [5.74, 6) is 0.235. The van der Waals surface area contributed by atoms with Crippen molar-refractivity contribution in [1.29, 1.82) is 0 Å². The lowest BCUT2D eigenvalue weighted by atomic mass is 10.3. The number of nitro groups is 1. The number of aromatic nitrogens is 4. The highest BCUT2D eigenvalue weighted by Crippen LogP contribution is 2.33. The third kappa shape index (κ3) is 3.86. The van der Waals surface area contributed by atoms with Crippen molar-refractivity contribution in [2.75, 3.05) is 10.6 Å². The summed E-state index contributed by atoms with van der Waals surface area (Å²) in [6, 6.07) is 3.67. The Bertz CT molecular complexity index is 879. The molecule has 10 heteroatoms. The molecule has 0 bridgehead atoms. The van der Waals surface area contributed by atoms with Gasteiger partial charge in [0.2, 0.25) is 11.6 Å². The predicted octanol–water partition coefficient (Wildman–Crippen LogP) is 3.21. The Balaban J connectivity index is 1.87. The summed E-state index contributed by atoms with van der Waals surface area (Å²) >= 11 is 1.41. The zero-order chi connectivity index (χ0) is 17.8. The average molecular weight is 357 g/mol. The van der Waals surface area contributed by atoms with Crippen molar-refractivity contribution < 1.29 is 4.92 Å². The standard InChI is InChI=1S/C15H15N7O2S/c1-9-10(2)25-15(20-9)21-14-12(22(23)24)13(18-8-19-14)17-7-11-4-3-5-16-6-11/h3-6,8H,7H2,1-2H3,(H2,17,18,19,20,21). The predicted molar refractivity (Wildman–Crippen MR) is 95.1 cm³/mol. The lowest BCUT2D eigenvalue weighted by Gasteiger charge is -2.08. The van der Waals surface area contributed by atoms with Crippen LogP contribution < -0.4 is 10.6 Å². The van der Waals surface area contributed by atoms with Gasteiger partial charge in [-0.25, -0.2) is 15.0 Å². The van der Waals surface area contributed by atoms with E-state index in [1.165, 1.54) is 17.7 Å². The zero-order valence-corrected chi connectivity index (χ0v) is 14.4. The molecule has 0 unspecified atom stereocenters. The van der Waals surface area contributed by atoms with Crippen molar-refractivity contribution in [2.45, 2.75) is 20.4 Å². The van der Waals surface area contributed by atoms with Crippen LogP contribution in [0.25, 0.3) is 0 Å². The van der Waals surface area contributed by atoms with Crippen LogP contribution in [0, 0.1) is 24.0 Å². The Morgan fingerprint density at radius 3 is 2.72 bits per heavy atom. The van der Waals surface area contributed by atoms with E-state index in [1.54, 1.807) is 18.5 Å². The van der Waals surface area contributed by atoms with Gasteiger partial charge in [0, 0.05) is 23.8 Å². The first-order chi connectivity index (χ1) is 12.0. The molecule has 3 heterocycles. The molecule has 0 spiro atoms. The van der Waals surface area contributed by atoms with E-state index in [1.807, 2.05) is 19.9 Å². The molecule has 3 aromatic rings. The van der Waals surface area contributed by atoms with E-state index in [-0.39, 0.29) is 17.3 Å². The minimum Gasteiger partial charge on any atom is -0.360 e. The fourth-order valence-corrected chi connectivity index (χ4v) is 2.90. The molecule has 0 saturated heterocycles. The summed E-state index contributed by atoms with van der Waals surface area (Å²) in [6.45, 7) is 4.18. The van der Waals surface area contributed by atoms with E-state index >= 15 is 0 Å². The van der Waals surface area contributed by atoms with E-state index in [0.29, 0.717) is 11.7 Å². The first-order valence-corrected chi connectivity index (χ1v) is 8.19. The highest BCUT2D eigenvalue weighted by Gasteiger charge is 2.23. The minimum atomic E-state index is -0.513. The number of pyridine rings is 1. The molecule has 9 nitrogen and oxygen atoms in total. The van der Waals surface area contributed by atoms with Gasteiger partial charge in [-0.15, -0.1) is 11.3 Å². The maximum Gasteiger partial charge on any atom is 0.353 e. The zero-order valence-electron chi connectivity index (χ0n) is 13.6. The van der Waals surface area contributed by atoms with Gasteiger partial charge in [0.1, 0.15) is 6.33 Å². The van der Waals surface area contributed by atoms with Crippen molar-refractivity contribution in [2.24, 2.45) is 0 Å². The summed E-state index contributed by atoms with van der Waals surface area (Å²) in [5, 5.41) is 18.0. The van der Waals surface area contributed by atoms with Crippen LogP contribution in [0.2, 0.25) is 0 Å². The molecule has 3 aromatic heterocycles. The summed E-state index contributed by atoms with van der Waals surface area (Å²) < 4.78 is 0. The van der Waals surface area contributed by atoms with Gasteiger partial charge in [-0.2, -0.15) is 0 Å². The molecule has 0 saturated carbocycles. The van der Waals surface area contributed by atoms with Crippen LogP contribution in [0.15, 0.2) is 30.9 Å². The molecule has 0 atom stereocenters. The third-order valence-corrected chi connectivity index (χ3v) is 4.43. The van der Waals surface area contributed by atoms with Crippen LogP contribution >= 0.6 is 11.3 Å². The van der Waals surface area contributed by atoms with E-state index in [0.717, 1.165) is 16.1 Å². The smallest absolute Gasteiger partial charge is 0.353 e. The second-order valence-electron chi connectivity index (χ2n) is 5.18. The monoisotopic (exact) mass is 357 g/mol. The molecule has 0 aromatic carbocycles. The molecule has 0 fully saturated rings. The van der Waals surface area contributed by atoms with Crippen molar-refractivity contribution in [3.05, 3.63) is 57.1 Å². The van der Waals surface area contributed by atoms with Gasteiger partial charge in [-0.05, 0) is 25.5 Å². The summed E-state index contributed by atoms with van der Waals surface area (Å²) in [4.78, 5) is 28.4. The van der Waals surface area contributed by atoms with E-state index in [2.05, 4.69) is 30.6 Å². The van der Waals surface area contributed by atoms with Gasteiger partial charge in [0.05, 0.1) is 10.6 Å². The first-order valence-electron chi connectivity index (χ1n) is 7.38. The van der Waals surface area contributed by atoms with Gasteiger partial charge in [-0.1, -0.05) is 6.07 Å². The minimum absolute atomic E-state index is 0.0995. The number of aryl methyl sites for hydroxylation is 2. The van der Waals surface area contributed by atoms with Crippen molar-refractivity contribution in [1.82, 2.24) is 19.9 Å². The third-order valence-electron chi connectivity index (χ3n) is 3.44. The van der Waals surface area contributed by atoms with Gasteiger partial charge >= 0.3 is 5.69 Å². The molecule has 0 radical (unpaired) electrons. The van der Waals surface area contributed by atoms with Gasteiger partial charge in [0.15, 0.2) is 5.13 Å². The summed E-state index contributed by atoms with van der Waals surface area (Å²) in [5.41, 5.74) is 1.53. The lowest BCUT2D eigenvalue weighted by Crippen LogP contribution is -2.08. The van der Waals surface area contributed by atoms with Crippen LogP contribution in [0.3, 0.4) is 0 Å². The largest absolute Gasteiger partial charge is 0.360 e. The Kier molecular flexibility index (Phi) is 4.80. The highest BCUT2D eigenvalue weighted by molar-refractivity contribution is 7.15. The van der Waals surface area contributed by atoms with Crippen molar-refractivity contribution in [3.8, 4) is 0 Å². The van der Waals surface area contributed by atoms with Gasteiger partial charge in [0.25, 0.3) is 0 Å². The molecule has 3 rings (SSSR count). The Morgan fingerprint density at radius 2 is 2.08 bits per heavy atom. The molecule has 25 heavy (non-hydrogen) atoms. The molecule has 0 amide bonds. The van der Waals surface area contributed by atoms with Crippen LogP contribution in [0.1, 0.15) is 16.1 Å². The molecular formula is C15H15N7O2S. The maximum atomic E-state index is 11.5. The molecule has 2 N–H and O–H groups in total. The Labute approximate surface area is 147 Å². The van der Waals surface area contributed by atoms with Crippen molar-refractivity contribution in [3.63, 3.8) is 0 Å². The average Bonchev–Trinajstić information content (AvgIpc) is 2.91. The highest BCUT2D eigenvalue weighted by atomic mass is 32.1. The normalized spacial score (nSPS) is 10.5. The van der Waals surface area contributed by atoms with Crippen molar-refractivity contribution >= 4 is 33.8 Å². The van der Waals surface area contributed by atoms with E-state index < -0.39 is 4.92 Å². The molecular weight excluding hydrogens is 342 g/mol. The Morgan fingerprint density at radius 1 is 1.28 bits per heavy atom. The quantitative estimate of drug-likeness (QED) is 0.510. The number of anilines is 3. The summed E-state index contributed by atoms with van der Waals surface area (Å²) in [6.07, 6.45) is 4.62. The number of hydrogen-bond donors (Lipinski definition) is 2. The molecule has 128 valence electrons. The van der Waals surface area contributed by atoms with Crippen LogP contribution in [-0.4, -0.2) is 24.9 Å². The Hall–Kier alpha value is -3.14. The maximum absolute atomic E-state index is 11.5. The summed E-state index contributed by atoms with van der Waals surface area (Å²) in [7, 11) is 0. The lowest BCUT2D eigenvalue weighted by molar-refractivity contribution is -0.383. The van der Waals surface area contributed by atoms with Crippen LogP contribution in [0.5, 0.6) is 0 Å². The topological polar surface area (TPSA) is 119 Å². The SMILES string of the molecule is Cc1nc(Nc2ncnc(NCc3cccnc3)c2[N+](=O)[O-])sc1C. The van der Waals surface area contributed by atoms with Gasteiger partial charge < -0.3 is 10.6 Å². The van der Waals surface area contributed by atoms with Gasteiger partial charge in [-0.3, -0.25) is 15.1 Å². The molecule has 0 aliphatic rings. The number of thiazole rings is 1. The first kappa shape index (κ1) is 16.7. The molecule has 0 aliphatic carbocycles. The second kappa shape index (κ2) is 7.18. The number of hydrogen-bond acceptors (Lipinski definition) is 9. The van der Waals surface area contributed by atoms with Crippen LogP contribution in [0.4, 0.5) is 22.5 Å². The number of rotatable bonds is 6. The fourth-order valence-electron chi connectivity index (χ4n) is 2.09. The van der Waals surface area contributed by atoms with E-state index in [4.69, 9.17) is 0 Å². The molecule has 0 aliphatic heterocycles. The van der Waals surface area contributed by atoms with E-state index in [9.17, 15) is 10.1 Å². The fraction of sp³-hybridized carbons (Fsp3) is 0.200. The second-order valence-corrected chi connectivity index (χ2v) is 6.38. The number of nitrogens with one attached hydrogen (secondary N) is 2. The number of nitrogens with zero attached hydrogens (tertiary/aromatic N) is 5. The van der Waals surface area contributed by atoms with Crippen LogP contribution in [-0.2, 0) is 6.54 Å².